The molecule has 0 unspecified atom stereocenters. The van der Waals surface area contributed by atoms with E-state index in [1.807, 2.05) is 0 Å². The van der Waals surface area contributed by atoms with Crippen molar-refractivity contribution in [3.8, 4) is 0 Å². The molecule has 0 saturated carbocycles. The first-order valence-electron chi connectivity index (χ1n) is 3.49. The first-order valence-corrected chi connectivity index (χ1v) is 3.49. The first-order chi connectivity index (χ1) is 5.40. The molecule has 70 valence electrons. The van der Waals surface area contributed by atoms with Crippen LogP contribution in [0.25, 0.3) is 0 Å². The van der Waals surface area contributed by atoms with Crippen LogP contribution in [0.5, 0.6) is 0 Å². The van der Waals surface area contributed by atoms with Crippen molar-refractivity contribution >= 4 is 11.9 Å². The summed E-state index contributed by atoms with van der Waals surface area (Å²) >= 11 is 0. The number of nitrogens with two attached hydrogens (primary N) is 1. The summed E-state index contributed by atoms with van der Waals surface area (Å²) in [6.45, 7) is 1.36. The van der Waals surface area contributed by atoms with Crippen molar-refractivity contribution in [1.29, 1.82) is 0 Å². The lowest BCUT2D eigenvalue weighted by Crippen LogP contribution is -2.45. The SMILES string of the molecule is COC(=O)CC[C@](C)(N)C(=O)O. The van der Waals surface area contributed by atoms with Gasteiger partial charge >= 0.3 is 11.9 Å². The van der Waals surface area contributed by atoms with Crippen LogP contribution in [0, 0.1) is 0 Å². The molecule has 0 rings (SSSR count). The van der Waals surface area contributed by atoms with Gasteiger partial charge in [-0.25, -0.2) is 0 Å². The highest BCUT2D eigenvalue weighted by molar-refractivity contribution is 5.79. The Hall–Kier alpha value is -1.10. The number of carboxylic acid groups (broad SMARTS) is 1. The largest absolute Gasteiger partial charge is 0.480 e. The van der Waals surface area contributed by atoms with Gasteiger partial charge in [-0.1, -0.05) is 0 Å². The number of carboxylic acids is 1. The third kappa shape index (κ3) is 3.34. The maximum absolute atomic E-state index is 10.6. The summed E-state index contributed by atoms with van der Waals surface area (Å²) in [4.78, 5) is 21.1. The average Bonchev–Trinajstić information content (AvgIpc) is 2.00. The van der Waals surface area contributed by atoms with E-state index < -0.39 is 17.5 Å². The number of ether oxygens (including phenoxy) is 1. The number of carbonyl (C=O) groups excluding carboxylic acids is 1. The molecule has 0 aliphatic heterocycles. The van der Waals surface area contributed by atoms with Gasteiger partial charge in [0.15, 0.2) is 0 Å². The third-order valence-electron chi connectivity index (χ3n) is 1.56. The fraction of sp³-hybridized carbons (Fsp3) is 0.714. The van der Waals surface area contributed by atoms with E-state index in [9.17, 15) is 9.59 Å². The molecule has 0 bridgehead atoms. The quantitative estimate of drug-likeness (QED) is 0.574. The normalized spacial score (nSPS) is 14.9. The molecule has 0 aliphatic rings. The minimum absolute atomic E-state index is 0.0236. The van der Waals surface area contributed by atoms with Crippen molar-refractivity contribution in [1.82, 2.24) is 0 Å². The Morgan fingerprint density at radius 3 is 2.42 bits per heavy atom. The van der Waals surface area contributed by atoms with Gasteiger partial charge in [0.25, 0.3) is 0 Å². The summed E-state index contributed by atoms with van der Waals surface area (Å²) in [6, 6.07) is 0. The van der Waals surface area contributed by atoms with Crippen molar-refractivity contribution in [2.45, 2.75) is 25.3 Å². The Balaban J connectivity index is 3.92. The molecular weight excluding hydrogens is 162 g/mol. The van der Waals surface area contributed by atoms with Crippen LogP contribution in [-0.4, -0.2) is 29.7 Å². The molecule has 0 aliphatic carbocycles. The minimum atomic E-state index is -1.35. The second-order valence-electron chi connectivity index (χ2n) is 2.80. The topological polar surface area (TPSA) is 89.6 Å². The van der Waals surface area contributed by atoms with Crippen LogP contribution in [-0.2, 0) is 14.3 Å². The smallest absolute Gasteiger partial charge is 0.323 e. The van der Waals surface area contributed by atoms with Gasteiger partial charge in [-0.3, -0.25) is 9.59 Å². The van der Waals surface area contributed by atoms with Crippen molar-refractivity contribution in [2.75, 3.05) is 7.11 Å². The molecule has 0 fully saturated rings. The molecule has 0 aromatic carbocycles. The van der Waals surface area contributed by atoms with Gasteiger partial charge in [-0.15, -0.1) is 0 Å². The summed E-state index contributed by atoms with van der Waals surface area (Å²) in [5.74, 6) is -1.57. The highest BCUT2D eigenvalue weighted by atomic mass is 16.5. The van der Waals surface area contributed by atoms with E-state index in [-0.39, 0.29) is 12.8 Å². The molecule has 3 N–H and O–H groups in total. The third-order valence-corrected chi connectivity index (χ3v) is 1.56. The Morgan fingerprint density at radius 1 is 1.58 bits per heavy atom. The van der Waals surface area contributed by atoms with E-state index in [0.717, 1.165) is 0 Å². The number of methoxy groups -OCH3 is 1. The van der Waals surface area contributed by atoms with Gasteiger partial charge in [-0.05, 0) is 13.3 Å². The lowest BCUT2D eigenvalue weighted by atomic mass is 9.98. The summed E-state index contributed by atoms with van der Waals surface area (Å²) < 4.78 is 4.34. The predicted molar refractivity (Wildman–Crippen MR) is 41.5 cm³/mol. The average molecular weight is 175 g/mol. The molecule has 5 heteroatoms. The molecule has 0 aromatic rings. The van der Waals surface area contributed by atoms with Crippen LogP contribution in [0.4, 0.5) is 0 Å². The van der Waals surface area contributed by atoms with Crippen LogP contribution in [0.1, 0.15) is 19.8 Å². The van der Waals surface area contributed by atoms with E-state index in [0.29, 0.717) is 0 Å². The van der Waals surface area contributed by atoms with Crippen LogP contribution in [0.3, 0.4) is 0 Å². The molecule has 0 aromatic heterocycles. The summed E-state index contributed by atoms with van der Waals surface area (Å²) in [6.07, 6.45) is 0.102. The second-order valence-corrected chi connectivity index (χ2v) is 2.80. The number of hydrogen-bond donors (Lipinski definition) is 2. The molecule has 1 atom stereocenters. The lowest BCUT2D eigenvalue weighted by Gasteiger charge is -2.17. The maximum Gasteiger partial charge on any atom is 0.323 e. The minimum Gasteiger partial charge on any atom is -0.480 e. The number of carbonyl (C=O) groups is 2. The van der Waals surface area contributed by atoms with E-state index >= 15 is 0 Å². The Bertz CT molecular complexity index is 188. The monoisotopic (exact) mass is 175 g/mol. The Morgan fingerprint density at radius 2 is 2.08 bits per heavy atom. The Labute approximate surface area is 70.5 Å². The zero-order valence-electron chi connectivity index (χ0n) is 7.16. The molecule has 0 amide bonds. The highest BCUT2D eigenvalue weighted by Gasteiger charge is 2.28. The summed E-state index contributed by atoms with van der Waals surface area (Å²) in [7, 11) is 1.25. The molecule has 5 nitrogen and oxygen atoms in total. The fourth-order valence-corrected chi connectivity index (χ4v) is 0.571. The molecule has 12 heavy (non-hydrogen) atoms. The predicted octanol–water partition coefficient (Wildman–Crippen LogP) is -0.258. The molecular formula is C7H13NO4. The second kappa shape index (κ2) is 4.06. The van der Waals surface area contributed by atoms with E-state index in [4.69, 9.17) is 10.8 Å². The molecule has 0 radical (unpaired) electrons. The number of esters is 1. The van der Waals surface area contributed by atoms with Crippen LogP contribution in [0.15, 0.2) is 0 Å². The van der Waals surface area contributed by atoms with Gasteiger partial charge in [0.05, 0.1) is 7.11 Å². The summed E-state index contributed by atoms with van der Waals surface area (Å²) in [5.41, 5.74) is 4.00. The zero-order valence-corrected chi connectivity index (χ0v) is 7.16. The lowest BCUT2D eigenvalue weighted by molar-refractivity contribution is -0.144. The van der Waals surface area contributed by atoms with Gasteiger partial charge in [0.1, 0.15) is 5.54 Å². The Kier molecular flexibility index (Phi) is 3.69. The van der Waals surface area contributed by atoms with Crippen molar-refractivity contribution in [2.24, 2.45) is 5.73 Å². The molecule has 0 spiro atoms. The maximum atomic E-state index is 10.6. The van der Waals surface area contributed by atoms with Crippen molar-refractivity contribution in [3.63, 3.8) is 0 Å². The van der Waals surface area contributed by atoms with E-state index in [2.05, 4.69) is 4.74 Å². The van der Waals surface area contributed by atoms with Crippen molar-refractivity contribution < 1.29 is 19.4 Å². The molecule has 0 saturated heterocycles. The van der Waals surface area contributed by atoms with Crippen LogP contribution < -0.4 is 5.73 Å². The van der Waals surface area contributed by atoms with Gasteiger partial charge in [0, 0.05) is 6.42 Å². The van der Waals surface area contributed by atoms with E-state index in [1.54, 1.807) is 0 Å². The number of rotatable bonds is 4. The van der Waals surface area contributed by atoms with Crippen molar-refractivity contribution in [3.05, 3.63) is 0 Å². The highest BCUT2D eigenvalue weighted by Crippen LogP contribution is 2.09. The number of hydrogen-bond acceptors (Lipinski definition) is 4. The van der Waals surface area contributed by atoms with Gasteiger partial charge in [-0.2, -0.15) is 0 Å². The standard InChI is InChI=1S/C7H13NO4/c1-7(8,6(10)11)4-3-5(9)12-2/h3-4,8H2,1-2H3,(H,10,11)/t7-/m0/s1. The number of aliphatic carboxylic acids is 1. The van der Waals surface area contributed by atoms with Gasteiger partial charge in [0.2, 0.25) is 0 Å². The first kappa shape index (κ1) is 10.9. The summed E-state index contributed by atoms with van der Waals surface area (Å²) in [5, 5.41) is 8.55. The van der Waals surface area contributed by atoms with E-state index in [1.165, 1.54) is 14.0 Å². The fourth-order valence-electron chi connectivity index (χ4n) is 0.571. The zero-order chi connectivity index (χ0) is 9.78. The molecule has 0 heterocycles. The van der Waals surface area contributed by atoms with Crippen LogP contribution in [0.2, 0.25) is 0 Å². The van der Waals surface area contributed by atoms with Crippen LogP contribution >= 0.6 is 0 Å². The van der Waals surface area contributed by atoms with Gasteiger partial charge < -0.3 is 15.6 Å².